The van der Waals surface area contributed by atoms with Gasteiger partial charge in [0.1, 0.15) is 6.10 Å². The second-order valence-electron chi connectivity index (χ2n) is 8.74. The first-order chi connectivity index (χ1) is 19.3. The molecule has 40 heavy (non-hydrogen) atoms. The van der Waals surface area contributed by atoms with E-state index in [4.69, 9.17) is 23.7 Å². The zero-order valence-electron chi connectivity index (χ0n) is 22.6. The Morgan fingerprint density at radius 1 is 0.850 bits per heavy atom. The Balaban J connectivity index is 1.54. The molecule has 0 spiro atoms. The van der Waals surface area contributed by atoms with Crippen molar-refractivity contribution in [2.75, 3.05) is 34.5 Å². The third-order valence-electron chi connectivity index (χ3n) is 6.05. The number of aliphatic hydroxyl groups is 2. The second kappa shape index (κ2) is 14.7. The molecular weight excluding hydrogens is 520 g/mol. The molecule has 214 valence electrons. The fourth-order valence-corrected chi connectivity index (χ4v) is 3.88. The molecule has 0 fully saturated rings. The number of aliphatic hydroxyl groups excluding tert-OH is 2. The molecule has 2 unspecified atom stereocenters. The molecule has 4 N–H and O–H groups in total. The topological polar surface area (TPSA) is 144 Å². The van der Waals surface area contributed by atoms with Crippen LogP contribution in [0, 0.1) is 0 Å². The number of methoxy groups -OCH3 is 3. The summed E-state index contributed by atoms with van der Waals surface area (Å²) in [5.74, 6) is 0.692. The average molecular weight is 555 g/mol. The predicted octanol–water partition coefficient (Wildman–Crippen LogP) is 3.79. The van der Waals surface area contributed by atoms with Crippen LogP contribution in [-0.4, -0.2) is 67.0 Å². The van der Waals surface area contributed by atoms with Crippen LogP contribution in [-0.2, 0) is 16.0 Å². The fourth-order valence-electron chi connectivity index (χ4n) is 3.88. The van der Waals surface area contributed by atoms with Gasteiger partial charge in [-0.15, -0.1) is 0 Å². The van der Waals surface area contributed by atoms with E-state index in [0.29, 0.717) is 41.2 Å². The van der Waals surface area contributed by atoms with Crippen molar-refractivity contribution in [3.63, 3.8) is 0 Å². The number of rotatable bonds is 14. The highest BCUT2D eigenvalue weighted by Crippen LogP contribution is 2.34. The van der Waals surface area contributed by atoms with E-state index in [2.05, 4.69) is 0 Å². The maximum Gasteiger partial charge on any atom is 0.330 e. The molecule has 0 radical (unpaired) electrons. The highest BCUT2D eigenvalue weighted by Gasteiger charge is 2.24. The predicted molar refractivity (Wildman–Crippen MR) is 147 cm³/mol. The van der Waals surface area contributed by atoms with Gasteiger partial charge in [-0.05, 0) is 72.0 Å². The minimum atomic E-state index is -1.20. The lowest BCUT2D eigenvalue weighted by Gasteiger charge is -2.24. The average Bonchev–Trinajstić information content (AvgIpc) is 2.97. The van der Waals surface area contributed by atoms with Gasteiger partial charge in [0.05, 0.1) is 34.5 Å². The van der Waals surface area contributed by atoms with Crippen molar-refractivity contribution in [2.24, 2.45) is 0 Å². The number of hydrogen-bond donors (Lipinski definition) is 4. The van der Waals surface area contributed by atoms with Gasteiger partial charge in [-0.2, -0.15) is 0 Å². The summed E-state index contributed by atoms with van der Waals surface area (Å²) in [6.45, 7) is -0.271. The van der Waals surface area contributed by atoms with Gasteiger partial charge >= 0.3 is 5.97 Å². The highest BCUT2D eigenvalue weighted by atomic mass is 16.5. The quantitative estimate of drug-likeness (QED) is 0.132. The number of aromatic hydroxyl groups is 2. The van der Waals surface area contributed by atoms with Crippen LogP contribution in [0.2, 0.25) is 0 Å². The first-order valence-corrected chi connectivity index (χ1v) is 12.5. The summed E-state index contributed by atoms with van der Waals surface area (Å²) >= 11 is 0. The molecule has 3 aromatic rings. The van der Waals surface area contributed by atoms with Gasteiger partial charge in [-0.1, -0.05) is 18.2 Å². The van der Waals surface area contributed by atoms with E-state index >= 15 is 0 Å². The number of esters is 1. The molecule has 0 aromatic heterocycles. The fraction of sp³-hybridized carbons (Fsp3) is 0.300. The lowest BCUT2D eigenvalue weighted by molar-refractivity contribution is -0.137. The standard InChI is InChI=1S/C30H34O10/c1-36-25-15-20(6-10-22(25)32)8-13-29(34)39-14-4-5-19-7-12-24(27(16-19)38-3)40-28(18-31)30(35)21-9-11-23(33)26(17-21)37-2/h6-13,15-17,28,30-33,35H,4-5,14,18H2,1-3H3. The van der Waals surface area contributed by atoms with Crippen LogP contribution in [0.15, 0.2) is 60.7 Å². The van der Waals surface area contributed by atoms with Crippen LogP contribution >= 0.6 is 0 Å². The van der Waals surface area contributed by atoms with Crippen molar-refractivity contribution in [3.05, 3.63) is 77.4 Å². The molecule has 10 nitrogen and oxygen atoms in total. The van der Waals surface area contributed by atoms with Crippen LogP contribution in [0.4, 0.5) is 0 Å². The number of benzene rings is 3. The Morgan fingerprint density at radius 3 is 2.20 bits per heavy atom. The summed E-state index contributed by atoms with van der Waals surface area (Å²) in [6, 6.07) is 14.4. The summed E-state index contributed by atoms with van der Waals surface area (Å²) in [6.07, 6.45) is 1.83. The van der Waals surface area contributed by atoms with E-state index < -0.39 is 24.8 Å². The molecule has 0 saturated heterocycles. The highest BCUT2D eigenvalue weighted by molar-refractivity contribution is 5.87. The van der Waals surface area contributed by atoms with E-state index in [-0.39, 0.29) is 23.9 Å². The molecule has 3 aromatic carbocycles. The van der Waals surface area contributed by atoms with Gasteiger partial charge in [0.25, 0.3) is 0 Å². The van der Waals surface area contributed by atoms with Gasteiger partial charge in [-0.3, -0.25) is 0 Å². The third kappa shape index (κ3) is 8.05. The molecular formula is C30H34O10. The number of phenolic OH excluding ortho intramolecular Hbond substituents is 2. The number of hydrogen-bond acceptors (Lipinski definition) is 10. The maximum atomic E-state index is 12.0. The summed E-state index contributed by atoms with van der Waals surface area (Å²) in [5.41, 5.74) is 1.99. The summed E-state index contributed by atoms with van der Waals surface area (Å²) < 4.78 is 26.7. The summed E-state index contributed by atoms with van der Waals surface area (Å²) in [4.78, 5) is 12.0. The van der Waals surface area contributed by atoms with Crippen molar-refractivity contribution < 1.29 is 48.9 Å². The Hall–Kier alpha value is -4.41. The lowest BCUT2D eigenvalue weighted by Crippen LogP contribution is -2.29. The summed E-state index contributed by atoms with van der Waals surface area (Å²) in [7, 11) is 4.33. The summed E-state index contributed by atoms with van der Waals surface area (Å²) in [5, 5.41) is 40.1. The Bertz CT molecular complexity index is 1300. The van der Waals surface area contributed by atoms with Crippen LogP contribution < -0.4 is 18.9 Å². The second-order valence-corrected chi connectivity index (χ2v) is 8.74. The molecule has 2 atom stereocenters. The van der Waals surface area contributed by atoms with Crippen LogP contribution in [0.25, 0.3) is 6.08 Å². The molecule has 0 heterocycles. The molecule has 0 aliphatic carbocycles. The minimum absolute atomic E-state index is 0.0133. The minimum Gasteiger partial charge on any atom is -0.504 e. The van der Waals surface area contributed by atoms with E-state index in [1.54, 1.807) is 30.3 Å². The van der Waals surface area contributed by atoms with Crippen molar-refractivity contribution >= 4 is 12.0 Å². The number of carbonyl (C=O) groups is 1. The van der Waals surface area contributed by atoms with Gasteiger partial charge in [-0.25, -0.2) is 4.79 Å². The zero-order valence-corrected chi connectivity index (χ0v) is 22.6. The number of aryl methyl sites for hydroxylation is 1. The molecule has 3 rings (SSSR count). The normalized spacial score (nSPS) is 12.5. The van der Waals surface area contributed by atoms with Crippen molar-refractivity contribution in [1.29, 1.82) is 0 Å². The zero-order chi connectivity index (χ0) is 29.1. The Morgan fingerprint density at radius 2 is 1.52 bits per heavy atom. The first kappa shape index (κ1) is 30.1. The van der Waals surface area contributed by atoms with E-state index in [9.17, 15) is 25.2 Å². The molecule has 10 heteroatoms. The monoisotopic (exact) mass is 554 g/mol. The van der Waals surface area contributed by atoms with E-state index in [0.717, 1.165) is 5.56 Å². The molecule has 0 aliphatic rings. The molecule has 0 aliphatic heterocycles. The van der Waals surface area contributed by atoms with Crippen LogP contribution in [0.5, 0.6) is 34.5 Å². The SMILES string of the molecule is COc1cc(C=CC(=O)OCCCc2ccc(OC(CO)C(O)c3ccc(O)c(OC)c3)c(OC)c2)ccc1O. The van der Waals surface area contributed by atoms with Gasteiger partial charge < -0.3 is 44.1 Å². The molecule has 0 saturated carbocycles. The smallest absolute Gasteiger partial charge is 0.330 e. The maximum absolute atomic E-state index is 12.0. The lowest BCUT2D eigenvalue weighted by atomic mass is 10.0. The van der Waals surface area contributed by atoms with Crippen LogP contribution in [0.3, 0.4) is 0 Å². The van der Waals surface area contributed by atoms with E-state index in [1.807, 2.05) is 6.07 Å². The van der Waals surface area contributed by atoms with Crippen LogP contribution in [0.1, 0.15) is 29.2 Å². The largest absolute Gasteiger partial charge is 0.504 e. The number of phenols is 2. The van der Waals surface area contributed by atoms with Crippen molar-refractivity contribution in [1.82, 2.24) is 0 Å². The number of carbonyl (C=O) groups excluding carboxylic acids is 1. The van der Waals surface area contributed by atoms with Gasteiger partial charge in [0.15, 0.2) is 40.6 Å². The Kier molecular flexibility index (Phi) is 11.0. The van der Waals surface area contributed by atoms with Crippen molar-refractivity contribution in [2.45, 2.75) is 25.0 Å². The number of ether oxygens (including phenoxy) is 5. The third-order valence-corrected chi connectivity index (χ3v) is 6.05. The molecule has 0 bridgehead atoms. The Labute approximate surface area is 232 Å². The first-order valence-electron chi connectivity index (χ1n) is 12.5. The van der Waals surface area contributed by atoms with E-state index in [1.165, 1.54) is 51.7 Å². The van der Waals surface area contributed by atoms with Gasteiger partial charge in [0, 0.05) is 6.08 Å². The molecule has 0 amide bonds. The van der Waals surface area contributed by atoms with Crippen molar-refractivity contribution in [3.8, 4) is 34.5 Å². The van der Waals surface area contributed by atoms with Gasteiger partial charge in [0.2, 0.25) is 0 Å².